The number of hydrogen-bond acceptors (Lipinski definition) is 8. The highest BCUT2D eigenvalue weighted by Gasteiger charge is 2.34. The van der Waals surface area contributed by atoms with Crippen molar-refractivity contribution in [3.63, 3.8) is 0 Å². The number of ether oxygens (including phenoxy) is 4. The first-order valence-electron chi connectivity index (χ1n) is 14.5. The SMILES string of the molecule is CCOC(=O)C1=C(C)N=c2s/c(=C/c3cc(I)cc(I)c3OCc3ccc(Cl)cc3Cl)c(=O)n2[C@H]1c1ccc(OC(C)C)c(OC)c1. The molecule has 13 heteroatoms. The number of carbonyl (C=O) groups excluding carboxylic acids is 1. The summed E-state index contributed by atoms with van der Waals surface area (Å²) in [6, 6.07) is 13.8. The quantitative estimate of drug-likeness (QED) is 0.120. The first-order chi connectivity index (χ1) is 22.4. The van der Waals surface area contributed by atoms with Crippen molar-refractivity contribution in [3.05, 3.63) is 113 Å². The summed E-state index contributed by atoms with van der Waals surface area (Å²) in [5.74, 6) is 1.09. The van der Waals surface area contributed by atoms with Gasteiger partial charge in [0.15, 0.2) is 16.3 Å². The third-order valence-electron chi connectivity index (χ3n) is 7.09. The van der Waals surface area contributed by atoms with Gasteiger partial charge in [0.1, 0.15) is 12.4 Å². The maximum Gasteiger partial charge on any atom is 0.338 e. The number of rotatable bonds is 10. The lowest BCUT2D eigenvalue weighted by Gasteiger charge is -2.25. The molecule has 0 radical (unpaired) electrons. The highest BCUT2D eigenvalue weighted by Crippen LogP contribution is 2.37. The maximum absolute atomic E-state index is 14.3. The van der Waals surface area contributed by atoms with Crippen molar-refractivity contribution in [3.8, 4) is 17.2 Å². The molecular formula is C34H30Cl2I2N2O6S. The van der Waals surface area contributed by atoms with Crippen LogP contribution in [0.1, 0.15) is 50.4 Å². The lowest BCUT2D eigenvalue weighted by molar-refractivity contribution is -0.139. The lowest BCUT2D eigenvalue weighted by Crippen LogP contribution is -2.40. The summed E-state index contributed by atoms with van der Waals surface area (Å²) in [6.45, 7) is 7.71. The molecule has 47 heavy (non-hydrogen) atoms. The van der Waals surface area contributed by atoms with E-state index in [0.717, 1.165) is 12.7 Å². The molecule has 0 amide bonds. The van der Waals surface area contributed by atoms with Crippen LogP contribution >= 0.6 is 79.7 Å². The molecule has 0 saturated heterocycles. The Morgan fingerprint density at radius 3 is 2.55 bits per heavy atom. The van der Waals surface area contributed by atoms with Crippen molar-refractivity contribution >= 4 is 91.8 Å². The van der Waals surface area contributed by atoms with E-state index < -0.39 is 12.0 Å². The smallest absolute Gasteiger partial charge is 0.338 e. The number of fused-ring (bicyclic) bond motifs is 1. The Morgan fingerprint density at radius 1 is 1.11 bits per heavy atom. The summed E-state index contributed by atoms with van der Waals surface area (Å²) < 4.78 is 27.1. The predicted octanol–water partition coefficient (Wildman–Crippen LogP) is 7.69. The summed E-state index contributed by atoms with van der Waals surface area (Å²) in [5, 5.41) is 1.04. The van der Waals surface area contributed by atoms with Gasteiger partial charge in [-0.2, -0.15) is 0 Å². The van der Waals surface area contributed by atoms with Crippen LogP contribution in [0.25, 0.3) is 6.08 Å². The van der Waals surface area contributed by atoms with Crippen LogP contribution in [0.15, 0.2) is 69.6 Å². The van der Waals surface area contributed by atoms with Crippen molar-refractivity contribution in [1.82, 2.24) is 4.57 Å². The van der Waals surface area contributed by atoms with E-state index in [9.17, 15) is 9.59 Å². The van der Waals surface area contributed by atoms with Gasteiger partial charge in [-0.3, -0.25) is 9.36 Å². The van der Waals surface area contributed by atoms with Crippen molar-refractivity contribution < 1.29 is 23.7 Å². The molecule has 2 heterocycles. The van der Waals surface area contributed by atoms with Crippen molar-refractivity contribution in [2.24, 2.45) is 4.99 Å². The van der Waals surface area contributed by atoms with Crippen LogP contribution in [-0.2, 0) is 16.1 Å². The second-order valence-corrected chi connectivity index (χ2v) is 15.0. The van der Waals surface area contributed by atoms with Gasteiger partial charge >= 0.3 is 5.97 Å². The second kappa shape index (κ2) is 15.3. The van der Waals surface area contributed by atoms with Gasteiger partial charge in [-0.05, 0) is 121 Å². The van der Waals surface area contributed by atoms with E-state index in [1.54, 1.807) is 55.9 Å². The number of benzene rings is 3. The summed E-state index contributed by atoms with van der Waals surface area (Å²) in [4.78, 5) is 32.9. The third-order valence-corrected chi connectivity index (χ3v) is 10.1. The largest absolute Gasteiger partial charge is 0.493 e. The number of allylic oxidation sites excluding steroid dienone is 1. The molecule has 0 spiro atoms. The molecule has 4 aromatic rings. The molecule has 246 valence electrons. The van der Waals surface area contributed by atoms with Crippen molar-refractivity contribution in [2.45, 2.75) is 46.4 Å². The number of halogens is 4. The first kappa shape index (κ1) is 35.7. The first-order valence-corrected chi connectivity index (χ1v) is 18.2. The molecule has 1 aromatic heterocycles. The van der Waals surface area contributed by atoms with E-state index >= 15 is 0 Å². The molecule has 8 nitrogen and oxygen atoms in total. The minimum atomic E-state index is -0.812. The van der Waals surface area contributed by atoms with Gasteiger partial charge in [-0.25, -0.2) is 9.79 Å². The van der Waals surface area contributed by atoms with Crippen LogP contribution in [0.4, 0.5) is 0 Å². The molecule has 5 rings (SSSR count). The highest BCUT2D eigenvalue weighted by atomic mass is 127. The summed E-state index contributed by atoms with van der Waals surface area (Å²) >= 11 is 18.2. The molecule has 0 N–H and O–H groups in total. The minimum Gasteiger partial charge on any atom is -0.493 e. The number of nitrogens with zero attached hydrogens (tertiary/aromatic N) is 2. The zero-order valence-electron chi connectivity index (χ0n) is 26.0. The Hall–Kier alpha value is -2.59. The average Bonchev–Trinajstić information content (AvgIpc) is 3.30. The predicted molar refractivity (Wildman–Crippen MR) is 202 cm³/mol. The van der Waals surface area contributed by atoms with E-state index in [2.05, 4.69) is 45.2 Å². The van der Waals surface area contributed by atoms with Crippen molar-refractivity contribution in [2.75, 3.05) is 13.7 Å². The summed E-state index contributed by atoms with van der Waals surface area (Å²) in [7, 11) is 1.55. The molecule has 1 aliphatic rings. The number of hydrogen-bond donors (Lipinski definition) is 0. The zero-order valence-corrected chi connectivity index (χ0v) is 32.7. The number of methoxy groups -OCH3 is 1. The normalized spacial score (nSPS) is 14.6. The molecule has 0 unspecified atom stereocenters. The Kier molecular flexibility index (Phi) is 11.6. The summed E-state index contributed by atoms with van der Waals surface area (Å²) in [6.07, 6.45) is 1.72. The highest BCUT2D eigenvalue weighted by molar-refractivity contribution is 14.1. The molecule has 0 aliphatic carbocycles. The molecule has 0 fully saturated rings. The molecule has 1 atom stereocenters. The Bertz CT molecular complexity index is 2080. The second-order valence-electron chi connectivity index (χ2n) is 10.7. The standard InChI is InChI=1S/C34H30Cl2I2N2O6S/c1-6-44-33(42)29-18(4)39-34-40(30(29)19-8-10-26(46-17(2)3)27(12-19)43-5)32(41)28(47-34)13-21-11-23(37)15-25(38)31(21)45-16-20-7-9-22(35)14-24(20)36/h7-15,17,30H,6,16H2,1-5H3/b28-13+/t30-/m0/s1. The number of aromatic nitrogens is 1. The Morgan fingerprint density at radius 2 is 1.87 bits per heavy atom. The van der Waals surface area contributed by atoms with Gasteiger partial charge in [-0.15, -0.1) is 0 Å². The van der Waals surface area contributed by atoms with Crippen LogP contribution in [0.5, 0.6) is 17.2 Å². The lowest BCUT2D eigenvalue weighted by atomic mass is 9.95. The van der Waals surface area contributed by atoms with Crippen LogP contribution in [0, 0.1) is 7.14 Å². The van der Waals surface area contributed by atoms with Crippen LogP contribution < -0.4 is 29.1 Å². The van der Waals surface area contributed by atoms with Crippen LogP contribution in [0.2, 0.25) is 10.0 Å². The van der Waals surface area contributed by atoms with E-state index in [4.69, 9.17) is 47.1 Å². The van der Waals surface area contributed by atoms with Gasteiger partial charge in [0.25, 0.3) is 5.56 Å². The van der Waals surface area contributed by atoms with Crippen LogP contribution in [-0.4, -0.2) is 30.4 Å². The Balaban J connectivity index is 1.66. The van der Waals surface area contributed by atoms with Crippen molar-refractivity contribution in [1.29, 1.82) is 0 Å². The molecule has 1 aliphatic heterocycles. The molecule has 3 aromatic carbocycles. The van der Waals surface area contributed by atoms with Gasteiger partial charge < -0.3 is 18.9 Å². The van der Waals surface area contributed by atoms with Gasteiger partial charge in [-0.1, -0.05) is 46.7 Å². The maximum atomic E-state index is 14.3. The minimum absolute atomic E-state index is 0.0780. The van der Waals surface area contributed by atoms with E-state index in [1.807, 2.05) is 38.1 Å². The number of carbonyl (C=O) groups is 1. The fraction of sp³-hybridized carbons (Fsp3) is 0.265. The van der Waals surface area contributed by atoms with E-state index in [-0.39, 0.29) is 30.5 Å². The Labute approximate surface area is 313 Å². The topological polar surface area (TPSA) is 88.4 Å². The number of thiazole rings is 1. The summed E-state index contributed by atoms with van der Waals surface area (Å²) in [5.41, 5.74) is 2.57. The van der Waals surface area contributed by atoms with E-state index in [1.165, 1.54) is 11.3 Å². The fourth-order valence-corrected chi connectivity index (χ4v) is 8.63. The average molecular weight is 919 g/mol. The number of esters is 1. The molecule has 0 bridgehead atoms. The zero-order chi connectivity index (χ0) is 34.0. The van der Waals surface area contributed by atoms with Gasteiger partial charge in [0.2, 0.25) is 0 Å². The fourth-order valence-electron chi connectivity index (χ4n) is 5.08. The monoisotopic (exact) mass is 918 g/mol. The molecule has 0 saturated carbocycles. The van der Waals surface area contributed by atoms with E-state index in [0.29, 0.717) is 53.5 Å². The van der Waals surface area contributed by atoms with Gasteiger partial charge in [0.05, 0.1) is 45.2 Å². The third kappa shape index (κ3) is 7.85. The molecular weight excluding hydrogens is 889 g/mol. The van der Waals surface area contributed by atoms with Crippen LogP contribution in [0.3, 0.4) is 0 Å². The van der Waals surface area contributed by atoms with Gasteiger partial charge in [0, 0.05) is 24.7 Å².